The molecule has 0 fully saturated rings. The van der Waals surface area contributed by atoms with Gasteiger partial charge in [-0.25, -0.2) is 9.78 Å². The number of aromatic nitrogens is 3. The van der Waals surface area contributed by atoms with Crippen molar-refractivity contribution in [1.29, 1.82) is 0 Å². The van der Waals surface area contributed by atoms with E-state index in [1.807, 2.05) is 20.8 Å². The van der Waals surface area contributed by atoms with E-state index in [1.165, 1.54) is 4.57 Å². The number of carbonyl (C=O) groups is 2. The first-order chi connectivity index (χ1) is 12.8. The number of amides is 1. The van der Waals surface area contributed by atoms with Gasteiger partial charge in [0, 0.05) is 25.2 Å². The standard InChI is InChI=1S/C18H24N4O5/c1-4-8-22-15-14(17(26)21-18(22)27)11(9-12(20-15)10(2)3)16(25)19-7-5-6-13(23)24/h9-10H,4-8H2,1-3H3,(H,19,25)(H,23,24)(H,21,26,27). The molecule has 9 nitrogen and oxygen atoms in total. The summed E-state index contributed by atoms with van der Waals surface area (Å²) in [7, 11) is 0. The summed E-state index contributed by atoms with van der Waals surface area (Å²) in [6.07, 6.45) is 0.870. The number of pyridine rings is 1. The van der Waals surface area contributed by atoms with E-state index in [-0.39, 0.29) is 41.9 Å². The summed E-state index contributed by atoms with van der Waals surface area (Å²) < 4.78 is 1.36. The van der Waals surface area contributed by atoms with Crippen LogP contribution in [-0.4, -0.2) is 38.1 Å². The topological polar surface area (TPSA) is 134 Å². The van der Waals surface area contributed by atoms with E-state index in [0.717, 1.165) is 0 Å². The van der Waals surface area contributed by atoms with Crippen molar-refractivity contribution in [2.24, 2.45) is 0 Å². The van der Waals surface area contributed by atoms with Crippen molar-refractivity contribution in [2.75, 3.05) is 6.54 Å². The Hall–Kier alpha value is -2.97. The zero-order valence-electron chi connectivity index (χ0n) is 15.7. The van der Waals surface area contributed by atoms with E-state index in [4.69, 9.17) is 5.11 Å². The summed E-state index contributed by atoms with van der Waals surface area (Å²) in [6.45, 7) is 6.22. The van der Waals surface area contributed by atoms with Gasteiger partial charge in [-0.15, -0.1) is 0 Å². The lowest BCUT2D eigenvalue weighted by atomic mass is 10.0. The van der Waals surface area contributed by atoms with Gasteiger partial charge in [-0.05, 0) is 24.8 Å². The van der Waals surface area contributed by atoms with Gasteiger partial charge in [0.2, 0.25) is 0 Å². The third kappa shape index (κ3) is 4.60. The molecule has 0 atom stereocenters. The van der Waals surface area contributed by atoms with Crippen LogP contribution in [0.2, 0.25) is 0 Å². The monoisotopic (exact) mass is 376 g/mol. The third-order valence-electron chi connectivity index (χ3n) is 4.10. The second-order valence-corrected chi connectivity index (χ2v) is 6.61. The van der Waals surface area contributed by atoms with Crippen LogP contribution in [0.25, 0.3) is 11.0 Å². The van der Waals surface area contributed by atoms with E-state index in [9.17, 15) is 19.2 Å². The molecule has 0 spiro atoms. The molecule has 0 saturated heterocycles. The molecule has 0 unspecified atom stereocenters. The van der Waals surface area contributed by atoms with Gasteiger partial charge in [-0.1, -0.05) is 20.8 Å². The number of carboxylic acids is 1. The van der Waals surface area contributed by atoms with Gasteiger partial charge in [-0.3, -0.25) is 23.9 Å². The predicted octanol–water partition coefficient (Wildman–Crippen LogP) is 1.21. The number of aryl methyl sites for hydroxylation is 1. The maximum absolute atomic E-state index is 12.7. The van der Waals surface area contributed by atoms with Gasteiger partial charge >= 0.3 is 11.7 Å². The number of aromatic amines is 1. The molecule has 9 heteroatoms. The van der Waals surface area contributed by atoms with Gasteiger partial charge < -0.3 is 10.4 Å². The number of aliphatic carboxylic acids is 1. The Kier molecular flexibility index (Phi) is 6.49. The lowest BCUT2D eigenvalue weighted by molar-refractivity contribution is -0.137. The predicted molar refractivity (Wildman–Crippen MR) is 100 cm³/mol. The Morgan fingerprint density at radius 3 is 2.63 bits per heavy atom. The largest absolute Gasteiger partial charge is 0.481 e. The summed E-state index contributed by atoms with van der Waals surface area (Å²) in [5.41, 5.74) is -0.318. The van der Waals surface area contributed by atoms with Crippen molar-refractivity contribution in [3.8, 4) is 0 Å². The second-order valence-electron chi connectivity index (χ2n) is 6.61. The first kappa shape index (κ1) is 20.3. The quantitative estimate of drug-likeness (QED) is 0.593. The Labute approximate surface area is 155 Å². The van der Waals surface area contributed by atoms with Crippen LogP contribution in [0, 0.1) is 0 Å². The minimum atomic E-state index is -0.944. The van der Waals surface area contributed by atoms with Crippen LogP contribution in [0.3, 0.4) is 0 Å². The number of hydrogen-bond acceptors (Lipinski definition) is 5. The Morgan fingerprint density at radius 2 is 2.04 bits per heavy atom. The Bertz CT molecular complexity index is 974. The van der Waals surface area contributed by atoms with Gasteiger partial charge in [0.15, 0.2) is 5.65 Å². The van der Waals surface area contributed by atoms with Crippen molar-refractivity contribution >= 4 is 22.9 Å². The minimum Gasteiger partial charge on any atom is -0.481 e. The second kappa shape index (κ2) is 8.61. The molecule has 0 aliphatic rings. The summed E-state index contributed by atoms with van der Waals surface area (Å²) in [4.78, 5) is 54.6. The molecule has 2 aromatic heterocycles. The zero-order chi connectivity index (χ0) is 20.1. The molecule has 0 radical (unpaired) electrons. The van der Waals surface area contributed by atoms with Crippen molar-refractivity contribution in [3.63, 3.8) is 0 Å². The van der Waals surface area contributed by atoms with Gasteiger partial charge in [0.1, 0.15) is 0 Å². The molecule has 146 valence electrons. The lowest BCUT2D eigenvalue weighted by Gasteiger charge is -2.14. The average molecular weight is 376 g/mol. The Balaban J connectivity index is 2.58. The number of nitrogens with one attached hydrogen (secondary N) is 2. The van der Waals surface area contributed by atoms with Crippen molar-refractivity contribution in [3.05, 3.63) is 38.2 Å². The fourth-order valence-corrected chi connectivity index (χ4v) is 2.74. The molecule has 2 heterocycles. The molecule has 0 saturated carbocycles. The normalized spacial score (nSPS) is 11.1. The fourth-order valence-electron chi connectivity index (χ4n) is 2.74. The number of H-pyrrole nitrogens is 1. The van der Waals surface area contributed by atoms with E-state index in [2.05, 4.69) is 15.3 Å². The highest BCUT2D eigenvalue weighted by Crippen LogP contribution is 2.19. The number of carboxylic acid groups (broad SMARTS) is 1. The smallest absolute Gasteiger partial charge is 0.329 e. The van der Waals surface area contributed by atoms with Crippen LogP contribution >= 0.6 is 0 Å². The van der Waals surface area contributed by atoms with Crippen molar-refractivity contribution < 1.29 is 14.7 Å². The highest BCUT2D eigenvalue weighted by atomic mass is 16.4. The summed E-state index contributed by atoms with van der Waals surface area (Å²) in [6, 6.07) is 1.55. The van der Waals surface area contributed by atoms with E-state index >= 15 is 0 Å². The molecule has 27 heavy (non-hydrogen) atoms. The number of fused-ring (bicyclic) bond motifs is 1. The van der Waals surface area contributed by atoms with Gasteiger partial charge in [0.25, 0.3) is 11.5 Å². The zero-order valence-corrected chi connectivity index (χ0v) is 15.7. The molecule has 0 aromatic carbocycles. The first-order valence-electron chi connectivity index (χ1n) is 8.94. The number of hydrogen-bond donors (Lipinski definition) is 3. The molecule has 1 amide bonds. The number of rotatable bonds is 8. The first-order valence-corrected chi connectivity index (χ1v) is 8.94. The maximum Gasteiger partial charge on any atom is 0.329 e. The van der Waals surface area contributed by atoms with Crippen LogP contribution in [0.15, 0.2) is 15.7 Å². The highest BCUT2D eigenvalue weighted by Gasteiger charge is 2.20. The third-order valence-corrected chi connectivity index (χ3v) is 4.10. The molecule has 0 aliphatic carbocycles. The van der Waals surface area contributed by atoms with E-state index in [1.54, 1.807) is 6.07 Å². The van der Waals surface area contributed by atoms with Gasteiger partial charge in [-0.2, -0.15) is 0 Å². The number of nitrogens with zero attached hydrogens (tertiary/aromatic N) is 2. The molecule has 0 aliphatic heterocycles. The van der Waals surface area contributed by atoms with Crippen molar-refractivity contribution in [2.45, 2.75) is 52.5 Å². The van der Waals surface area contributed by atoms with Crippen LogP contribution in [0.4, 0.5) is 0 Å². The molecule has 3 N–H and O–H groups in total. The SMILES string of the molecule is CCCn1c(=O)[nH]c(=O)c2c(C(=O)NCCCC(=O)O)cc(C(C)C)nc21. The fraction of sp³-hybridized carbons (Fsp3) is 0.500. The van der Waals surface area contributed by atoms with Crippen LogP contribution < -0.4 is 16.6 Å². The van der Waals surface area contributed by atoms with Gasteiger partial charge in [0.05, 0.1) is 10.9 Å². The van der Waals surface area contributed by atoms with Crippen LogP contribution in [-0.2, 0) is 11.3 Å². The highest BCUT2D eigenvalue weighted by molar-refractivity contribution is 6.05. The number of carbonyl (C=O) groups excluding carboxylic acids is 1. The molecular weight excluding hydrogens is 352 g/mol. The Morgan fingerprint density at radius 1 is 1.33 bits per heavy atom. The molecule has 0 bridgehead atoms. The lowest BCUT2D eigenvalue weighted by Crippen LogP contribution is -2.33. The van der Waals surface area contributed by atoms with E-state index in [0.29, 0.717) is 18.7 Å². The van der Waals surface area contributed by atoms with Crippen molar-refractivity contribution in [1.82, 2.24) is 19.9 Å². The summed E-state index contributed by atoms with van der Waals surface area (Å²) in [5.74, 6) is -1.46. The maximum atomic E-state index is 12.7. The average Bonchev–Trinajstić information content (AvgIpc) is 2.60. The minimum absolute atomic E-state index is 0.0163. The molecule has 2 aromatic rings. The summed E-state index contributed by atoms with van der Waals surface area (Å²) >= 11 is 0. The van der Waals surface area contributed by atoms with Crippen LogP contribution in [0.5, 0.6) is 0 Å². The summed E-state index contributed by atoms with van der Waals surface area (Å²) in [5, 5.41) is 11.4. The van der Waals surface area contributed by atoms with Crippen LogP contribution in [0.1, 0.15) is 62.0 Å². The molecular formula is C18H24N4O5. The van der Waals surface area contributed by atoms with E-state index < -0.39 is 23.1 Å². The molecule has 2 rings (SSSR count).